The number of carbonyl (C=O) groups is 1. The number of nitrogens with one attached hydrogen (secondary N) is 1. The lowest BCUT2D eigenvalue weighted by molar-refractivity contribution is -0.124. The lowest BCUT2D eigenvalue weighted by Crippen LogP contribution is -2.49. The van der Waals surface area contributed by atoms with Crippen LogP contribution in [-0.4, -0.2) is 76.0 Å². The van der Waals surface area contributed by atoms with E-state index >= 15 is 0 Å². The Morgan fingerprint density at radius 3 is 2.60 bits per heavy atom. The first kappa shape index (κ1) is 19.6. The van der Waals surface area contributed by atoms with Crippen LogP contribution in [0.1, 0.15) is 6.42 Å². The Kier molecular flexibility index (Phi) is 6.77. The van der Waals surface area contributed by atoms with Crippen LogP contribution in [0.3, 0.4) is 0 Å². The van der Waals surface area contributed by atoms with Gasteiger partial charge in [0.05, 0.1) is 13.2 Å². The molecule has 0 aromatic heterocycles. The maximum atomic E-state index is 12.6. The second-order valence-electron chi connectivity index (χ2n) is 5.95. The zero-order valence-corrected chi connectivity index (χ0v) is 15.5. The molecule has 2 rings (SSSR count). The molecule has 1 N–H and O–H groups in total. The summed E-state index contributed by atoms with van der Waals surface area (Å²) in [5.41, 5.74) is 0. The highest BCUT2D eigenvalue weighted by molar-refractivity contribution is 7.86. The summed E-state index contributed by atoms with van der Waals surface area (Å²) in [7, 11) is 0.694. The van der Waals surface area contributed by atoms with Gasteiger partial charge >= 0.3 is 0 Å². The molecule has 1 heterocycles. The first-order valence-electron chi connectivity index (χ1n) is 8.04. The number of methoxy groups -OCH3 is 1. The summed E-state index contributed by atoms with van der Waals surface area (Å²) in [5.74, 6) is 0.303. The van der Waals surface area contributed by atoms with E-state index in [9.17, 15) is 13.2 Å². The zero-order valence-electron chi connectivity index (χ0n) is 14.7. The molecule has 1 fully saturated rings. The SMILES string of the molecule is COCCNC(=O)[C@@H]1C[C@H](Oc2ccccc2)CN1S(=O)(=O)N(C)C. The molecule has 0 saturated carbocycles. The van der Waals surface area contributed by atoms with Gasteiger partial charge in [-0.25, -0.2) is 0 Å². The van der Waals surface area contributed by atoms with Crippen LogP contribution in [0.2, 0.25) is 0 Å². The minimum atomic E-state index is -3.73. The highest BCUT2D eigenvalue weighted by Crippen LogP contribution is 2.26. The standard InChI is InChI=1S/C16H25N3O5S/c1-18(2)25(21,22)19-12-14(24-13-7-5-4-6-8-13)11-15(19)16(20)17-9-10-23-3/h4-8,14-15H,9-12H2,1-3H3,(H,17,20)/t14-,15-/m0/s1. The Bertz CT molecular complexity index is 666. The average molecular weight is 371 g/mol. The number of rotatable bonds is 8. The van der Waals surface area contributed by atoms with E-state index in [1.165, 1.54) is 25.5 Å². The van der Waals surface area contributed by atoms with E-state index in [1.54, 1.807) is 12.1 Å². The Hall–Kier alpha value is -1.68. The maximum absolute atomic E-state index is 12.6. The summed E-state index contributed by atoms with van der Waals surface area (Å²) in [6, 6.07) is 8.35. The molecular weight excluding hydrogens is 346 g/mol. The molecule has 0 unspecified atom stereocenters. The first-order chi connectivity index (χ1) is 11.9. The zero-order chi connectivity index (χ0) is 18.4. The Morgan fingerprint density at radius 1 is 1.32 bits per heavy atom. The highest BCUT2D eigenvalue weighted by atomic mass is 32.2. The van der Waals surface area contributed by atoms with Gasteiger partial charge in [-0.2, -0.15) is 17.0 Å². The monoisotopic (exact) mass is 371 g/mol. The van der Waals surface area contributed by atoms with Gasteiger partial charge in [-0.05, 0) is 12.1 Å². The molecule has 1 aromatic rings. The van der Waals surface area contributed by atoms with Crippen molar-refractivity contribution in [3.63, 3.8) is 0 Å². The van der Waals surface area contributed by atoms with Gasteiger partial charge in [0, 0.05) is 34.2 Å². The molecule has 0 spiro atoms. The van der Waals surface area contributed by atoms with E-state index in [2.05, 4.69) is 5.32 Å². The summed E-state index contributed by atoms with van der Waals surface area (Å²) in [6.45, 7) is 0.812. The molecule has 140 valence electrons. The molecule has 1 aromatic carbocycles. The molecule has 0 bridgehead atoms. The van der Waals surface area contributed by atoms with Crippen molar-refractivity contribution in [1.82, 2.24) is 13.9 Å². The summed E-state index contributed by atoms with van der Waals surface area (Å²) >= 11 is 0. The summed E-state index contributed by atoms with van der Waals surface area (Å²) in [6.07, 6.45) is -0.101. The van der Waals surface area contributed by atoms with E-state index in [-0.39, 0.29) is 12.5 Å². The molecule has 1 aliphatic rings. The van der Waals surface area contributed by atoms with Gasteiger partial charge in [0.1, 0.15) is 17.9 Å². The minimum Gasteiger partial charge on any atom is -0.489 e. The van der Waals surface area contributed by atoms with Crippen molar-refractivity contribution < 1.29 is 22.7 Å². The molecule has 1 aliphatic heterocycles. The van der Waals surface area contributed by atoms with Crippen LogP contribution in [0, 0.1) is 0 Å². The number of nitrogens with zero attached hydrogens (tertiary/aromatic N) is 2. The molecule has 2 atom stereocenters. The quantitative estimate of drug-likeness (QED) is 0.654. The predicted octanol–water partition coefficient (Wildman–Crippen LogP) is 0.0773. The van der Waals surface area contributed by atoms with Gasteiger partial charge in [0.15, 0.2) is 0 Å². The van der Waals surface area contributed by atoms with Crippen LogP contribution in [0.5, 0.6) is 5.75 Å². The van der Waals surface area contributed by atoms with Crippen LogP contribution in [0.25, 0.3) is 0 Å². The molecule has 0 radical (unpaired) electrons. The number of ether oxygens (including phenoxy) is 2. The summed E-state index contributed by atoms with van der Waals surface area (Å²) < 4.78 is 38.2. The first-order valence-corrected chi connectivity index (χ1v) is 9.43. The third-order valence-electron chi connectivity index (χ3n) is 3.93. The Balaban J connectivity index is 2.14. The number of benzene rings is 1. The van der Waals surface area contributed by atoms with E-state index in [0.717, 1.165) is 4.31 Å². The summed E-state index contributed by atoms with van der Waals surface area (Å²) in [5, 5.41) is 2.71. The normalized spacial score (nSPS) is 21.4. The smallest absolute Gasteiger partial charge is 0.282 e. The van der Waals surface area contributed by atoms with Gasteiger partial charge < -0.3 is 14.8 Å². The lowest BCUT2D eigenvalue weighted by atomic mass is 10.2. The fourth-order valence-electron chi connectivity index (χ4n) is 2.64. The number of carbonyl (C=O) groups excluding carboxylic acids is 1. The molecule has 1 saturated heterocycles. The van der Waals surface area contributed by atoms with Crippen LogP contribution in [0.4, 0.5) is 0 Å². The van der Waals surface area contributed by atoms with E-state index in [1.807, 2.05) is 18.2 Å². The van der Waals surface area contributed by atoms with Crippen LogP contribution in [-0.2, 0) is 19.7 Å². The average Bonchev–Trinajstić information content (AvgIpc) is 3.00. The molecular formula is C16H25N3O5S. The van der Waals surface area contributed by atoms with Crippen molar-refractivity contribution in [3.05, 3.63) is 30.3 Å². The third-order valence-corrected chi connectivity index (χ3v) is 5.85. The van der Waals surface area contributed by atoms with Crippen LogP contribution >= 0.6 is 0 Å². The highest BCUT2D eigenvalue weighted by Gasteiger charge is 2.45. The number of para-hydroxylation sites is 1. The van der Waals surface area contributed by atoms with Crippen molar-refractivity contribution in [3.8, 4) is 5.75 Å². The fourth-order valence-corrected chi connectivity index (χ4v) is 3.92. The van der Waals surface area contributed by atoms with E-state index in [0.29, 0.717) is 25.3 Å². The molecule has 0 aliphatic carbocycles. The third kappa shape index (κ3) is 4.91. The van der Waals surface area contributed by atoms with Crippen molar-refractivity contribution >= 4 is 16.1 Å². The van der Waals surface area contributed by atoms with Gasteiger partial charge in [-0.1, -0.05) is 18.2 Å². The largest absolute Gasteiger partial charge is 0.489 e. The number of amides is 1. The molecule has 8 nitrogen and oxygen atoms in total. The molecule has 9 heteroatoms. The summed E-state index contributed by atoms with van der Waals surface area (Å²) in [4.78, 5) is 12.5. The molecule has 25 heavy (non-hydrogen) atoms. The molecule has 1 amide bonds. The van der Waals surface area contributed by atoms with Gasteiger partial charge in [-0.15, -0.1) is 0 Å². The van der Waals surface area contributed by atoms with Crippen molar-refractivity contribution in [2.75, 3.05) is 40.9 Å². The maximum Gasteiger partial charge on any atom is 0.282 e. The van der Waals surface area contributed by atoms with Gasteiger partial charge in [0.2, 0.25) is 5.91 Å². The lowest BCUT2D eigenvalue weighted by Gasteiger charge is -2.25. The number of hydrogen-bond donors (Lipinski definition) is 1. The van der Waals surface area contributed by atoms with Crippen molar-refractivity contribution in [1.29, 1.82) is 0 Å². The Morgan fingerprint density at radius 2 is 2.00 bits per heavy atom. The van der Waals surface area contributed by atoms with Crippen molar-refractivity contribution in [2.45, 2.75) is 18.6 Å². The van der Waals surface area contributed by atoms with E-state index in [4.69, 9.17) is 9.47 Å². The van der Waals surface area contributed by atoms with Crippen LogP contribution < -0.4 is 10.1 Å². The Labute approximate surface area is 148 Å². The fraction of sp³-hybridized carbons (Fsp3) is 0.562. The second kappa shape index (κ2) is 8.61. The predicted molar refractivity (Wildman–Crippen MR) is 93.5 cm³/mol. The van der Waals surface area contributed by atoms with Crippen molar-refractivity contribution in [2.24, 2.45) is 0 Å². The number of hydrogen-bond acceptors (Lipinski definition) is 5. The second-order valence-corrected chi connectivity index (χ2v) is 8.04. The van der Waals surface area contributed by atoms with Gasteiger partial charge in [0.25, 0.3) is 10.2 Å². The topological polar surface area (TPSA) is 88.2 Å². The van der Waals surface area contributed by atoms with Crippen LogP contribution in [0.15, 0.2) is 30.3 Å². The van der Waals surface area contributed by atoms with Gasteiger partial charge in [-0.3, -0.25) is 4.79 Å². The van der Waals surface area contributed by atoms with E-state index < -0.39 is 22.4 Å². The minimum absolute atomic E-state index is 0.123.